The quantitative estimate of drug-likeness (QED) is 0.665. The van der Waals surface area contributed by atoms with Crippen LogP contribution in [0.25, 0.3) is 22.3 Å². The molecule has 2 heteroatoms. The average molecular weight is 237 g/mol. The topological polar surface area (TPSA) is 16.4 Å². The zero-order valence-corrected chi connectivity index (χ0v) is 10.6. The third-order valence-electron chi connectivity index (χ3n) is 3.07. The number of para-hydroxylation sites is 1. The summed E-state index contributed by atoms with van der Waals surface area (Å²) < 4.78 is 5.87. The Balaban J connectivity index is 2.11. The number of benzene rings is 2. The van der Waals surface area contributed by atoms with Crippen molar-refractivity contribution in [1.29, 1.82) is 0 Å². The van der Waals surface area contributed by atoms with E-state index in [0.29, 0.717) is 0 Å². The molecular weight excluding hydrogens is 222 g/mol. The summed E-state index contributed by atoms with van der Waals surface area (Å²) in [5.41, 5.74) is 3.22. The van der Waals surface area contributed by atoms with Gasteiger partial charge in [0, 0.05) is 30.7 Å². The fourth-order valence-electron chi connectivity index (χ4n) is 2.06. The van der Waals surface area contributed by atoms with E-state index >= 15 is 0 Å². The Kier molecular flexibility index (Phi) is 2.56. The van der Waals surface area contributed by atoms with Crippen LogP contribution >= 0.6 is 0 Å². The zero-order valence-electron chi connectivity index (χ0n) is 10.6. The van der Waals surface area contributed by atoms with Gasteiger partial charge in [0.2, 0.25) is 0 Å². The highest BCUT2D eigenvalue weighted by molar-refractivity contribution is 5.83. The minimum Gasteiger partial charge on any atom is -0.456 e. The summed E-state index contributed by atoms with van der Waals surface area (Å²) in [6.45, 7) is 0. The standard InChI is InChI=1S/C16H15NO/c1-17(2)14-8-5-7-12(10-14)16-11-13-6-3-4-9-15(13)18-16/h3-11H,1-2H3. The molecule has 0 bridgehead atoms. The molecule has 0 atom stereocenters. The number of nitrogens with zero attached hydrogens (tertiary/aromatic N) is 1. The Labute approximate surface area is 106 Å². The predicted octanol–water partition coefficient (Wildman–Crippen LogP) is 4.17. The van der Waals surface area contributed by atoms with Crippen molar-refractivity contribution in [2.75, 3.05) is 19.0 Å². The van der Waals surface area contributed by atoms with Gasteiger partial charge in [-0.2, -0.15) is 0 Å². The lowest BCUT2D eigenvalue weighted by molar-refractivity contribution is 0.631. The minimum atomic E-state index is 0.917. The molecular formula is C16H15NO. The molecule has 90 valence electrons. The minimum absolute atomic E-state index is 0.917. The molecule has 2 aromatic carbocycles. The van der Waals surface area contributed by atoms with Crippen molar-refractivity contribution in [3.8, 4) is 11.3 Å². The van der Waals surface area contributed by atoms with E-state index in [1.807, 2.05) is 32.3 Å². The van der Waals surface area contributed by atoms with Gasteiger partial charge in [0.05, 0.1) is 0 Å². The summed E-state index contributed by atoms with van der Waals surface area (Å²) in [5.74, 6) is 0.917. The lowest BCUT2D eigenvalue weighted by Gasteiger charge is -2.12. The van der Waals surface area contributed by atoms with Crippen LogP contribution in [0.5, 0.6) is 0 Å². The van der Waals surface area contributed by atoms with E-state index in [1.54, 1.807) is 0 Å². The lowest BCUT2D eigenvalue weighted by atomic mass is 10.1. The largest absolute Gasteiger partial charge is 0.456 e. The monoisotopic (exact) mass is 237 g/mol. The molecule has 3 aromatic rings. The van der Waals surface area contributed by atoms with Gasteiger partial charge in [0.15, 0.2) is 0 Å². The van der Waals surface area contributed by atoms with Crippen LogP contribution in [-0.4, -0.2) is 14.1 Å². The van der Waals surface area contributed by atoms with Gasteiger partial charge in [-0.25, -0.2) is 0 Å². The smallest absolute Gasteiger partial charge is 0.135 e. The van der Waals surface area contributed by atoms with Crippen LogP contribution in [-0.2, 0) is 0 Å². The lowest BCUT2D eigenvalue weighted by Crippen LogP contribution is -2.08. The first kappa shape index (κ1) is 10.9. The third kappa shape index (κ3) is 1.86. The van der Waals surface area contributed by atoms with Gasteiger partial charge in [-0.1, -0.05) is 30.3 Å². The molecule has 2 nitrogen and oxygen atoms in total. The van der Waals surface area contributed by atoms with Crippen LogP contribution < -0.4 is 4.90 Å². The SMILES string of the molecule is CN(C)c1cccc(-c2cc3ccccc3o2)c1. The van der Waals surface area contributed by atoms with Crippen molar-refractivity contribution in [2.45, 2.75) is 0 Å². The van der Waals surface area contributed by atoms with Crippen molar-refractivity contribution >= 4 is 16.7 Å². The van der Waals surface area contributed by atoms with Crippen LogP contribution in [0.3, 0.4) is 0 Å². The Hall–Kier alpha value is -2.22. The van der Waals surface area contributed by atoms with Gasteiger partial charge in [0.1, 0.15) is 11.3 Å². The number of furan rings is 1. The number of hydrogen-bond acceptors (Lipinski definition) is 2. The molecule has 3 rings (SSSR count). The average Bonchev–Trinajstić information content (AvgIpc) is 2.82. The fourth-order valence-corrected chi connectivity index (χ4v) is 2.06. The highest BCUT2D eigenvalue weighted by Crippen LogP contribution is 2.29. The molecule has 1 aromatic heterocycles. The first-order valence-electron chi connectivity index (χ1n) is 6.00. The van der Waals surface area contributed by atoms with Gasteiger partial charge in [-0.05, 0) is 24.3 Å². The Morgan fingerprint density at radius 2 is 1.72 bits per heavy atom. The summed E-state index contributed by atoms with van der Waals surface area (Å²) in [6.07, 6.45) is 0. The summed E-state index contributed by atoms with van der Waals surface area (Å²) in [7, 11) is 4.08. The van der Waals surface area contributed by atoms with E-state index < -0.39 is 0 Å². The number of anilines is 1. The molecule has 0 aliphatic heterocycles. The molecule has 0 radical (unpaired) electrons. The van der Waals surface area contributed by atoms with Crippen molar-refractivity contribution in [3.63, 3.8) is 0 Å². The number of hydrogen-bond donors (Lipinski definition) is 0. The fraction of sp³-hybridized carbons (Fsp3) is 0.125. The van der Waals surface area contributed by atoms with Crippen LogP contribution in [0.15, 0.2) is 59.0 Å². The number of fused-ring (bicyclic) bond motifs is 1. The van der Waals surface area contributed by atoms with E-state index in [1.165, 1.54) is 5.69 Å². The second-order valence-electron chi connectivity index (χ2n) is 4.59. The molecule has 0 aliphatic carbocycles. The molecule has 0 aliphatic rings. The second-order valence-corrected chi connectivity index (χ2v) is 4.59. The Morgan fingerprint density at radius 3 is 2.50 bits per heavy atom. The molecule has 0 unspecified atom stereocenters. The Morgan fingerprint density at radius 1 is 0.889 bits per heavy atom. The van der Waals surface area contributed by atoms with Crippen LogP contribution in [0.4, 0.5) is 5.69 Å². The first-order chi connectivity index (χ1) is 8.74. The molecule has 1 heterocycles. The highest BCUT2D eigenvalue weighted by atomic mass is 16.3. The number of rotatable bonds is 2. The first-order valence-corrected chi connectivity index (χ1v) is 6.00. The van der Waals surface area contributed by atoms with E-state index in [-0.39, 0.29) is 0 Å². The van der Waals surface area contributed by atoms with Crippen molar-refractivity contribution in [2.24, 2.45) is 0 Å². The molecule has 0 spiro atoms. The van der Waals surface area contributed by atoms with E-state index in [4.69, 9.17) is 4.42 Å². The molecule has 0 saturated heterocycles. The van der Waals surface area contributed by atoms with Crippen LogP contribution in [0.2, 0.25) is 0 Å². The molecule has 0 N–H and O–H groups in total. The Bertz CT molecular complexity index is 649. The summed E-state index contributed by atoms with van der Waals surface area (Å²) in [4.78, 5) is 2.09. The second kappa shape index (κ2) is 4.22. The normalized spacial score (nSPS) is 10.8. The van der Waals surface area contributed by atoms with E-state index in [2.05, 4.69) is 41.3 Å². The molecule has 18 heavy (non-hydrogen) atoms. The van der Waals surface area contributed by atoms with E-state index in [9.17, 15) is 0 Å². The third-order valence-corrected chi connectivity index (χ3v) is 3.07. The molecule has 0 amide bonds. The van der Waals surface area contributed by atoms with Gasteiger partial charge in [0.25, 0.3) is 0 Å². The van der Waals surface area contributed by atoms with Gasteiger partial charge < -0.3 is 9.32 Å². The zero-order chi connectivity index (χ0) is 12.5. The van der Waals surface area contributed by atoms with Gasteiger partial charge >= 0.3 is 0 Å². The van der Waals surface area contributed by atoms with Crippen LogP contribution in [0.1, 0.15) is 0 Å². The maximum Gasteiger partial charge on any atom is 0.135 e. The van der Waals surface area contributed by atoms with Crippen molar-refractivity contribution < 1.29 is 4.42 Å². The summed E-state index contributed by atoms with van der Waals surface area (Å²) in [5, 5.41) is 1.14. The predicted molar refractivity (Wildman–Crippen MR) is 76.0 cm³/mol. The molecule has 0 fully saturated rings. The van der Waals surface area contributed by atoms with Gasteiger partial charge in [-0.15, -0.1) is 0 Å². The van der Waals surface area contributed by atoms with Crippen molar-refractivity contribution in [3.05, 3.63) is 54.6 Å². The summed E-state index contributed by atoms with van der Waals surface area (Å²) >= 11 is 0. The van der Waals surface area contributed by atoms with Crippen LogP contribution in [0, 0.1) is 0 Å². The molecule has 0 saturated carbocycles. The maximum atomic E-state index is 5.87. The van der Waals surface area contributed by atoms with Crippen molar-refractivity contribution in [1.82, 2.24) is 0 Å². The maximum absolute atomic E-state index is 5.87. The summed E-state index contributed by atoms with van der Waals surface area (Å²) in [6, 6.07) is 18.5. The van der Waals surface area contributed by atoms with E-state index in [0.717, 1.165) is 22.3 Å². The van der Waals surface area contributed by atoms with Gasteiger partial charge in [-0.3, -0.25) is 0 Å². The highest BCUT2D eigenvalue weighted by Gasteiger charge is 2.06.